The van der Waals surface area contributed by atoms with Gasteiger partial charge in [-0.2, -0.15) is 9.84 Å². The summed E-state index contributed by atoms with van der Waals surface area (Å²) in [7, 11) is 12.2. The predicted octanol–water partition coefficient (Wildman–Crippen LogP) is 1.40. The third-order valence-corrected chi connectivity index (χ3v) is 13.6. The van der Waals surface area contributed by atoms with Gasteiger partial charge in [0.2, 0.25) is 0 Å². The minimum Gasteiger partial charge on any atom is -0.329 e. The van der Waals surface area contributed by atoms with Gasteiger partial charge in [-0.05, 0) is 142 Å². The summed E-state index contributed by atoms with van der Waals surface area (Å²) in [6.45, 7) is 33.6. The Morgan fingerprint density at radius 2 is 0.837 bits per heavy atom. The second-order valence-corrected chi connectivity index (χ2v) is 21.2. The Kier molecular flexibility index (Phi) is 52.0. The van der Waals surface area contributed by atoms with E-state index in [-0.39, 0.29) is 32.7 Å². The fourth-order valence-electron chi connectivity index (χ4n) is 8.69. The Hall–Kier alpha value is -3.36. The van der Waals surface area contributed by atoms with Crippen LogP contribution in [-0.2, 0) is 45.8 Å². The van der Waals surface area contributed by atoms with Gasteiger partial charge in [0, 0.05) is 227 Å². The zero-order valence-electron chi connectivity index (χ0n) is 54.8. The number of hydrogen-bond acceptors (Lipinski definition) is 21. The van der Waals surface area contributed by atoms with E-state index in [0.717, 1.165) is 203 Å². The molecular weight excluding hydrogens is 1170 g/mol. The van der Waals surface area contributed by atoms with E-state index >= 15 is 0 Å². The van der Waals surface area contributed by atoms with Gasteiger partial charge in [0.1, 0.15) is 0 Å². The average Bonchev–Trinajstić information content (AvgIpc) is 3.85. The molecule has 3 aliphatic heterocycles. The second-order valence-electron chi connectivity index (χ2n) is 21.2. The Labute approximate surface area is 549 Å². The van der Waals surface area contributed by atoms with E-state index in [9.17, 15) is 0 Å². The number of nitrogens with two attached hydrogens (primary N) is 2. The molecule has 0 bridgehead atoms. The van der Waals surface area contributed by atoms with E-state index in [1.54, 1.807) is 16.0 Å². The number of pyridine rings is 5. The molecule has 3 saturated heterocycles. The van der Waals surface area contributed by atoms with Crippen molar-refractivity contribution < 1.29 is 32.7 Å². The number of hydrogen-bond donors (Lipinski definition) is 11. The number of rotatable bonds is 13. The first-order chi connectivity index (χ1) is 42.2. The molecule has 3 aliphatic rings. The minimum atomic E-state index is 0. The Bertz CT molecular complexity index is 2160. The van der Waals surface area contributed by atoms with Crippen molar-refractivity contribution in [2.24, 2.45) is 11.5 Å². The Balaban J connectivity index is 0.000000524. The van der Waals surface area contributed by atoms with Gasteiger partial charge in [-0.15, -0.1) is 0 Å². The molecule has 5 aromatic rings. The predicted molar refractivity (Wildman–Crippen MR) is 363 cm³/mol. The van der Waals surface area contributed by atoms with Crippen LogP contribution >= 0.6 is 9.84 Å². The molecule has 21 nitrogen and oxygen atoms in total. The van der Waals surface area contributed by atoms with Crippen LogP contribution in [0.4, 0.5) is 0 Å². The smallest absolute Gasteiger partial charge is 0.0894 e. The molecule has 0 spiro atoms. The van der Waals surface area contributed by atoms with Gasteiger partial charge in [0.25, 0.3) is 0 Å². The molecule has 5 aromatic heterocycles. The summed E-state index contributed by atoms with van der Waals surface area (Å²) in [6.07, 6.45) is 7.89. The molecule has 23 heteroatoms. The Morgan fingerprint density at radius 3 is 1.26 bits per heavy atom. The zero-order valence-corrected chi connectivity index (χ0v) is 57.8. The third-order valence-electron chi connectivity index (χ3n) is 13.6. The van der Waals surface area contributed by atoms with Crippen LogP contribution in [0.25, 0.3) is 22.8 Å². The molecule has 3 fully saturated rings. The first kappa shape index (κ1) is 78.7. The van der Waals surface area contributed by atoms with Crippen LogP contribution in [0.3, 0.4) is 0 Å². The SMILES string of the molecule is CN(Cc1ccccn1)Cc1ccccn1.CN1CCCNCCNCCCNCC1.CN1CCNCCNCC1.CN1CCNCCNCCNCC1.CNCCN(CCN)CCN.Cc1cccc(-c2cccc(-c3ccccn3)n2)n1.[3H]P.[Y]. The van der Waals surface area contributed by atoms with Gasteiger partial charge < -0.3 is 74.0 Å². The Morgan fingerprint density at radius 1 is 0.465 bits per heavy atom. The van der Waals surface area contributed by atoms with Crippen molar-refractivity contribution in [2.45, 2.75) is 32.9 Å². The molecule has 1 radical (unpaired) electrons. The summed E-state index contributed by atoms with van der Waals surface area (Å²) >= 11 is 0. The normalized spacial score (nSPS) is 16.7. The van der Waals surface area contributed by atoms with E-state index in [2.05, 4.69) is 125 Å². The van der Waals surface area contributed by atoms with Crippen molar-refractivity contribution in [1.82, 2.24) is 97.3 Å². The van der Waals surface area contributed by atoms with E-state index < -0.39 is 0 Å². The van der Waals surface area contributed by atoms with E-state index in [1.807, 2.05) is 117 Å². The number of aromatic nitrogens is 5. The quantitative estimate of drug-likeness (QED) is 0.0747. The summed E-state index contributed by atoms with van der Waals surface area (Å²) in [5.41, 5.74) is 17.5. The van der Waals surface area contributed by atoms with Crippen molar-refractivity contribution in [3.63, 3.8) is 0 Å². The van der Waals surface area contributed by atoms with Crippen molar-refractivity contribution in [3.05, 3.63) is 127 Å². The van der Waals surface area contributed by atoms with Crippen LogP contribution in [-0.4, -0.2) is 269 Å². The monoisotopic (exact) mass is 1290 g/mol. The van der Waals surface area contributed by atoms with Gasteiger partial charge in [-0.1, -0.05) is 30.3 Å². The molecule has 0 aromatic carbocycles. The molecule has 8 rings (SSSR count). The molecule has 8 heterocycles. The maximum Gasteiger partial charge on any atom is 0.0894 e. The maximum atomic E-state index is 5.67. The maximum absolute atomic E-state index is 5.67. The largest absolute Gasteiger partial charge is 0.329 e. The standard InChI is InChI=1S/C16H13N3.C13H15N3.C11H26N4.C9H22N4.C7H20N4.C7H17N3.H3P.Y/c1-12-6-4-8-15(18-12)16-10-5-9-14(19-16)13-7-2-3-11-17-13;1-16(10-12-6-2-4-8-14-12)11-13-7-3-5-9-15-13;1-15-10-3-6-13-8-7-12-4-2-5-14-9-11-15;1-13-8-6-11-4-2-10-3-5-12-7-9-13;1-10-4-7-11(5-2-8)6-3-9;1-10-6-4-8-2-3-9-5-7-10;;/h2-11H,1H3;2-9H,10-11H2,1H3;12-14H,2-11H2,1H3;10-12H,2-9H2,1H3;10H,2-9H2,1H3;8-9H,2-7H2,1H3;1H3;/i;;;;;;1T;. The third kappa shape index (κ3) is 44.1. The molecule has 1 atom stereocenters. The summed E-state index contributed by atoms with van der Waals surface area (Å²) in [5, 5.41) is 30.4. The number of aryl methyl sites for hydroxylation is 1. The second kappa shape index (κ2) is 56.8. The van der Waals surface area contributed by atoms with Crippen LogP contribution in [0, 0.1) is 6.92 Å². The minimum absolute atomic E-state index is 0. The fraction of sp³-hybridized carbons (Fsp3) is 0.603. The van der Waals surface area contributed by atoms with Crippen molar-refractivity contribution in [1.29, 1.82) is 1.28 Å². The van der Waals surface area contributed by atoms with Gasteiger partial charge in [-0.25, -0.2) is 4.98 Å². The molecule has 86 heavy (non-hydrogen) atoms. The molecule has 481 valence electrons. The van der Waals surface area contributed by atoms with Crippen molar-refractivity contribution in [2.75, 3.05) is 218 Å². The van der Waals surface area contributed by atoms with Crippen LogP contribution < -0.4 is 59.3 Å². The fourth-order valence-corrected chi connectivity index (χ4v) is 8.69. The molecule has 1 unspecified atom stereocenters. The molecule has 0 saturated carbocycles. The molecule has 0 amide bonds. The van der Waals surface area contributed by atoms with Crippen LogP contribution in [0.15, 0.2) is 110 Å². The van der Waals surface area contributed by atoms with Gasteiger partial charge >= 0.3 is 0 Å². The summed E-state index contributed by atoms with van der Waals surface area (Å²) in [6, 6.07) is 29.6. The van der Waals surface area contributed by atoms with Gasteiger partial charge in [-0.3, -0.25) is 29.7 Å². The van der Waals surface area contributed by atoms with Crippen molar-refractivity contribution in [3.8, 4) is 22.8 Å². The first-order valence-electron chi connectivity index (χ1n) is 31.6. The van der Waals surface area contributed by atoms with Crippen LogP contribution in [0.1, 0.15) is 29.9 Å². The average molecular weight is 1290 g/mol. The van der Waals surface area contributed by atoms with E-state index in [0.29, 0.717) is 13.1 Å². The molecule has 0 aliphatic carbocycles. The zero-order chi connectivity index (χ0) is 62.2. The molecular formula is C63H116N21PY. The summed E-state index contributed by atoms with van der Waals surface area (Å²) in [5.74, 6) is 0. The molecule has 13 N–H and O–H groups in total. The number of likely N-dealkylation sites (N-methyl/N-ethyl adjacent to an activating group) is 4. The van der Waals surface area contributed by atoms with Gasteiger partial charge in [0.15, 0.2) is 0 Å². The number of nitrogens with one attached hydrogen (secondary N) is 9. The first-order valence-corrected chi connectivity index (χ1v) is 31.0. The van der Waals surface area contributed by atoms with E-state index in [1.165, 1.54) is 32.5 Å². The number of nitrogens with zero attached hydrogens (tertiary/aromatic N) is 10. The van der Waals surface area contributed by atoms with Crippen molar-refractivity contribution >= 4 is 9.84 Å². The van der Waals surface area contributed by atoms with E-state index in [4.69, 9.17) is 12.7 Å². The summed E-state index contributed by atoms with van der Waals surface area (Å²) < 4.78 is 5.67. The topological polar surface area (TPSA) is 241 Å². The van der Waals surface area contributed by atoms with Crippen LogP contribution in [0.5, 0.6) is 0 Å². The van der Waals surface area contributed by atoms with Crippen LogP contribution in [0.2, 0.25) is 0 Å². The summed E-state index contributed by atoms with van der Waals surface area (Å²) in [4.78, 5) is 33.6. The van der Waals surface area contributed by atoms with Gasteiger partial charge in [0.05, 0.1) is 35.4 Å².